The van der Waals surface area contributed by atoms with Gasteiger partial charge in [-0.3, -0.25) is 19.2 Å². The smallest absolute Gasteiger partial charge is 0.303 e. The Balaban J connectivity index is 1.69. The zero-order valence-corrected chi connectivity index (χ0v) is 24.2. The fraction of sp³-hybridized carbons (Fsp3) is 0.500. The Morgan fingerprint density at radius 3 is 1.55 bits per heavy atom. The lowest BCUT2D eigenvalue weighted by molar-refractivity contribution is -0.171. The molecule has 14 heteroatoms. The van der Waals surface area contributed by atoms with Gasteiger partial charge in [0.2, 0.25) is 0 Å². The second-order valence-electron chi connectivity index (χ2n) is 9.13. The van der Waals surface area contributed by atoms with Gasteiger partial charge in [0.25, 0.3) is 11.8 Å². The van der Waals surface area contributed by atoms with Crippen molar-refractivity contribution in [3.63, 3.8) is 0 Å². The van der Waals surface area contributed by atoms with E-state index >= 15 is 0 Å². The Hall–Kier alpha value is -2.16. The first-order valence-corrected chi connectivity index (χ1v) is 16.8. The maximum absolute atomic E-state index is 14.8. The summed E-state index contributed by atoms with van der Waals surface area (Å²) in [6.45, 7) is 2.61. The van der Waals surface area contributed by atoms with Gasteiger partial charge in [-0.05, 0) is 35.8 Å². The Morgan fingerprint density at radius 1 is 0.816 bits per heavy atom. The van der Waals surface area contributed by atoms with Crippen molar-refractivity contribution >= 4 is 66.9 Å². The van der Waals surface area contributed by atoms with Crippen molar-refractivity contribution in [2.45, 2.75) is 60.7 Å². The van der Waals surface area contributed by atoms with Crippen LogP contribution in [0.4, 0.5) is 0 Å². The summed E-state index contributed by atoms with van der Waals surface area (Å²) < 4.78 is 22.3. The second-order valence-corrected chi connectivity index (χ2v) is 14.5. The predicted octanol–water partition coefficient (Wildman–Crippen LogP) is 3.34. The number of hydrogen-bond donors (Lipinski definition) is 0. The lowest BCUT2D eigenvalue weighted by Crippen LogP contribution is -2.74. The molecular weight excluding hydrogens is 573 g/mol. The third-order valence-corrected chi connectivity index (χ3v) is 11.5. The molecule has 0 aromatic rings. The van der Waals surface area contributed by atoms with Crippen molar-refractivity contribution in [2.75, 3.05) is 12.5 Å². The van der Waals surface area contributed by atoms with Gasteiger partial charge in [-0.25, -0.2) is 0 Å². The topological polar surface area (TPSA) is 112 Å². The molecule has 0 aromatic carbocycles. The lowest BCUT2D eigenvalue weighted by Gasteiger charge is -2.53. The van der Waals surface area contributed by atoms with Crippen LogP contribution in [-0.4, -0.2) is 80.1 Å². The van der Waals surface area contributed by atoms with Crippen molar-refractivity contribution in [2.24, 2.45) is 0 Å². The molecule has 0 saturated carbocycles. The van der Waals surface area contributed by atoms with E-state index in [1.54, 1.807) is 22.0 Å². The normalized spacial score (nSPS) is 34.9. The molecule has 5 aliphatic heterocycles. The van der Waals surface area contributed by atoms with Crippen molar-refractivity contribution in [3.05, 3.63) is 48.3 Å². The minimum atomic E-state index is -1.34. The van der Waals surface area contributed by atoms with Gasteiger partial charge in [0.05, 0.1) is 37.1 Å². The van der Waals surface area contributed by atoms with Crippen LogP contribution in [0.3, 0.4) is 0 Å². The molecule has 204 valence electrons. The van der Waals surface area contributed by atoms with Crippen LogP contribution in [0.15, 0.2) is 48.3 Å². The SMILES string of the molecule is CSS[C@@]12CC3=COC=CC(OC(C)=O)C3N1C(=O)[C@]1(SSC)CC3=COC=CC(OC(C)=O)C3N1C2=O. The predicted molar refractivity (Wildman–Crippen MR) is 146 cm³/mol. The molecule has 10 nitrogen and oxygen atoms in total. The van der Waals surface area contributed by atoms with Crippen LogP contribution in [0.5, 0.6) is 0 Å². The molecule has 4 unspecified atom stereocenters. The van der Waals surface area contributed by atoms with Crippen molar-refractivity contribution in [1.29, 1.82) is 0 Å². The first kappa shape index (κ1) is 27.4. The number of carbonyl (C=O) groups excluding carboxylic acids is 4. The van der Waals surface area contributed by atoms with Crippen LogP contribution in [0.25, 0.3) is 0 Å². The largest absolute Gasteiger partial charge is 0.473 e. The number of ether oxygens (including phenoxy) is 4. The highest BCUT2D eigenvalue weighted by atomic mass is 33.1. The van der Waals surface area contributed by atoms with Gasteiger partial charge in [0.1, 0.15) is 12.2 Å². The summed E-state index contributed by atoms with van der Waals surface area (Å²) in [6, 6.07) is -1.45. The van der Waals surface area contributed by atoms with Crippen LogP contribution in [0, 0.1) is 0 Å². The van der Waals surface area contributed by atoms with Crippen LogP contribution < -0.4 is 0 Å². The maximum atomic E-state index is 14.8. The van der Waals surface area contributed by atoms with Crippen molar-refractivity contribution in [1.82, 2.24) is 9.80 Å². The lowest BCUT2D eigenvalue weighted by atomic mass is 10.0. The van der Waals surface area contributed by atoms with Crippen LogP contribution in [0.2, 0.25) is 0 Å². The number of carbonyl (C=O) groups is 4. The molecule has 0 radical (unpaired) electrons. The molecule has 5 aliphatic rings. The molecule has 0 spiro atoms. The summed E-state index contributed by atoms with van der Waals surface area (Å²) >= 11 is 0. The van der Waals surface area contributed by atoms with Gasteiger partial charge in [0.15, 0.2) is 9.74 Å². The third-order valence-electron chi connectivity index (χ3n) is 6.89. The van der Waals surface area contributed by atoms with E-state index in [0.29, 0.717) is 11.1 Å². The first-order valence-electron chi connectivity index (χ1n) is 11.7. The van der Waals surface area contributed by atoms with Crippen LogP contribution in [-0.2, 0) is 38.1 Å². The van der Waals surface area contributed by atoms with E-state index < -0.39 is 46.0 Å². The fourth-order valence-corrected chi connectivity index (χ4v) is 10.6. The van der Waals surface area contributed by atoms with Gasteiger partial charge >= 0.3 is 11.9 Å². The van der Waals surface area contributed by atoms with E-state index in [2.05, 4.69) is 0 Å². The Kier molecular flexibility index (Phi) is 7.52. The highest BCUT2D eigenvalue weighted by Crippen LogP contribution is 2.62. The summed E-state index contributed by atoms with van der Waals surface area (Å²) in [7, 11) is 5.29. The molecule has 6 atom stereocenters. The number of esters is 2. The highest BCUT2D eigenvalue weighted by Gasteiger charge is 2.74. The molecule has 5 rings (SSSR count). The zero-order chi connectivity index (χ0) is 27.2. The minimum Gasteiger partial charge on any atom is -0.473 e. The van der Waals surface area contributed by atoms with E-state index in [-0.39, 0.29) is 24.7 Å². The first-order chi connectivity index (χ1) is 18.2. The number of piperazine rings is 1. The molecule has 5 heterocycles. The summed E-state index contributed by atoms with van der Waals surface area (Å²) in [5.74, 6) is -1.61. The molecule has 0 aromatic heterocycles. The average molecular weight is 599 g/mol. The van der Waals surface area contributed by atoms with Gasteiger partial charge in [-0.2, -0.15) is 0 Å². The average Bonchev–Trinajstić information content (AvgIpc) is 3.20. The number of rotatable bonds is 6. The van der Waals surface area contributed by atoms with E-state index in [1.807, 2.05) is 12.5 Å². The Morgan fingerprint density at radius 2 is 1.21 bits per heavy atom. The van der Waals surface area contributed by atoms with Gasteiger partial charge in [0, 0.05) is 26.7 Å². The highest BCUT2D eigenvalue weighted by molar-refractivity contribution is 8.77. The monoisotopic (exact) mass is 598 g/mol. The molecule has 0 N–H and O–H groups in total. The molecule has 2 amide bonds. The molecule has 0 bridgehead atoms. The number of fused-ring (bicyclic) bond motifs is 6. The van der Waals surface area contributed by atoms with E-state index in [4.69, 9.17) is 18.9 Å². The Labute approximate surface area is 235 Å². The van der Waals surface area contributed by atoms with Crippen molar-refractivity contribution in [3.8, 4) is 0 Å². The number of nitrogens with zero attached hydrogens (tertiary/aromatic N) is 2. The van der Waals surface area contributed by atoms with Gasteiger partial charge < -0.3 is 28.7 Å². The second kappa shape index (κ2) is 10.4. The molecular formula is C24H26N2O8S4. The van der Waals surface area contributed by atoms with Crippen LogP contribution >= 0.6 is 43.2 Å². The van der Waals surface area contributed by atoms with Crippen LogP contribution in [0.1, 0.15) is 26.7 Å². The zero-order valence-electron chi connectivity index (χ0n) is 21.0. The third kappa shape index (κ3) is 4.14. The van der Waals surface area contributed by atoms with E-state index in [0.717, 1.165) is 0 Å². The molecule has 3 fully saturated rings. The van der Waals surface area contributed by atoms with E-state index in [1.165, 1.54) is 82.1 Å². The van der Waals surface area contributed by atoms with Crippen molar-refractivity contribution < 1.29 is 38.1 Å². The number of amides is 2. The maximum Gasteiger partial charge on any atom is 0.303 e. The summed E-state index contributed by atoms with van der Waals surface area (Å²) in [5.41, 5.74) is 1.35. The van der Waals surface area contributed by atoms with Gasteiger partial charge in [-0.1, -0.05) is 43.2 Å². The minimum absolute atomic E-state index is 0.181. The molecule has 3 saturated heterocycles. The summed E-state index contributed by atoms with van der Waals surface area (Å²) in [5, 5.41) is 0. The Bertz CT molecular complexity index is 1100. The standard InChI is InChI=1S/C24H26N2O8S4/c1-13(27)33-17-5-7-31-11-15-9-23(37-35-3)22(30)26-20-16(12-32-8-6-18(20)34-14(2)28)10-24(26,38-36-4)21(29)25(23)19(15)17/h5-8,11-12,17-20H,9-10H2,1-4H3/t17?,18?,19?,20?,23-,24-/m1/s1. The van der Waals surface area contributed by atoms with Gasteiger partial charge in [-0.15, -0.1) is 0 Å². The number of hydrogen-bond acceptors (Lipinski definition) is 12. The molecule has 0 aliphatic carbocycles. The summed E-state index contributed by atoms with van der Waals surface area (Å²) in [4.78, 5) is 54.2. The summed E-state index contributed by atoms with van der Waals surface area (Å²) in [6.07, 6.45) is 11.4. The van der Waals surface area contributed by atoms with E-state index in [9.17, 15) is 19.2 Å². The fourth-order valence-electron chi connectivity index (χ4n) is 5.75. The quantitative estimate of drug-likeness (QED) is 0.330. The molecule has 38 heavy (non-hydrogen) atoms.